The summed E-state index contributed by atoms with van der Waals surface area (Å²) < 4.78 is 34.5. The fourth-order valence-electron chi connectivity index (χ4n) is 0.723. The number of alkyl halides is 1. The topological polar surface area (TPSA) is 34.1 Å². The molecule has 0 aromatic heterocycles. The molecule has 0 N–H and O–H groups in total. The van der Waals surface area contributed by atoms with Crippen molar-refractivity contribution in [3.63, 3.8) is 0 Å². The van der Waals surface area contributed by atoms with Gasteiger partial charge in [0, 0.05) is 4.47 Å². The highest BCUT2D eigenvalue weighted by Gasteiger charge is 2.12. The molecule has 1 rings (SSSR count). The highest BCUT2D eigenvalue weighted by atomic mass is 79.9. The van der Waals surface area contributed by atoms with Gasteiger partial charge in [-0.1, -0.05) is 22.0 Å². The van der Waals surface area contributed by atoms with Gasteiger partial charge in [0.1, 0.15) is 0 Å². The maximum atomic E-state index is 12.0. The van der Waals surface area contributed by atoms with Crippen LogP contribution in [0.25, 0.3) is 0 Å². The third-order valence-electron chi connectivity index (χ3n) is 1.30. The average Bonchev–Trinajstić information content (AvgIpc) is 2.05. The summed E-state index contributed by atoms with van der Waals surface area (Å²) in [5.41, 5.74) is 0. The Kier molecular flexibility index (Phi) is 2.85. The molecule has 0 radical (unpaired) electrons. The Morgan fingerprint density at radius 2 is 2.08 bits per heavy atom. The van der Waals surface area contributed by atoms with Crippen LogP contribution in [0.4, 0.5) is 4.39 Å². The molecule has 66 valence electrons. The van der Waals surface area contributed by atoms with Gasteiger partial charge in [-0.05, 0) is 18.2 Å². The molecule has 5 heteroatoms. The van der Waals surface area contributed by atoms with Gasteiger partial charge in [-0.25, -0.2) is 12.8 Å². The lowest BCUT2D eigenvalue weighted by Gasteiger charge is -1.98. The molecule has 12 heavy (non-hydrogen) atoms. The summed E-state index contributed by atoms with van der Waals surface area (Å²) in [5.74, 6) is 0. The summed E-state index contributed by atoms with van der Waals surface area (Å²) in [7, 11) is -3.72. The lowest BCUT2D eigenvalue weighted by atomic mass is 10.4. The smallest absolute Gasteiger partial charge is 0.207 e. The molecule has 0 aliphatic carbocycles. The summed E-state index contributed by atoms with van der Waals surface area (Å²) in [6.07, 6.45) is 0. The normalized spacial score (nSPS) is 11.5. The summed E-state index contributed by atoms with van der Waals surface area (Å²) in [6.45, 7) is 0. The van der Waals surface area contributed by atoms with Gasteiger partial charge >= 0.3 is 0 Å². The number of sulfone groups is 1. The van der Waals surface area contributed by atoms with Crippen LogP contribution in [0.2, 0.25) is 0 Å². The van der Waals surface area contributed by atoms with Gasteiger partial charge in [0.2, 0.25) is 9.84 Å². The molecule has 1 aromatic carbocycles. The van der Waals surface area contributed by atoms with Gasteiger partial charge in [-0.15, -0.1) is 0 Å². The third-order valence-corrected chi connectivity index (χ3v) is 3.05. The molecule has 0 unspecified atom stereocenters. The van der Waals surface area contributed by atoms with Crippen molar-refractivity contribution in [3.8, 4) is 0 Å². The Morgan fingerprint density at radius 1 is 1.42 bits per heavy atom. The molecule has 0 spiro atoms. The highest BCUT2D eigenvalue weighted by Crippen LogP contribution is 2.17. The molecule has 0 fully saturated rings. The van der Waals surface area contributed by atoms with Crippen LogP contribution in [-0.4, -0.2) is 14.4 Å². The molecule has 0 aliphatic rings. The molecule has 0 atom stereocenters. The zero-order valence-corrected chi connectivity index (χ0v) is 8.40. The molecule has 0 saturated carbocycles. The Balaban J connectivity index is 3.21. The van der Waals surface area contributed by atoms with Crippen molar-refractivity contribution in [1.82, 2.24) is 0 Å². The summed E-state index contributed by atoms with van der Waals surface area (Å²) >= 11 is 3.10. The minimum absolute atomic E-state index is 0.000579. The van der Waals surface area contributed by atoms with Crippen LogP contribution in [-0.2, 0) is 9.84 Å². The molecule has 1 aromatic rings. The van der Waals surface area contributed by atoms with Crippen LogP contribution in [0.5, 0.6) is 0 Å². The predicted molar refractivity (Wildman–Crippen MR) is 47.3 cm³/mol. The van der Waals surface area contributed by atoms with Gasteiger partial charge in [-0.2, -0.15) is 0 Å². The number of hydrogen-bond donors (Lipinski definition) is 0. The van der Waals surface area contributed by atoms with E-state index in [2.05, 4.69) is 15.9 Å². The van der Waals surface area contributed by atoms with Gasteiger partial charge in [0.15, 0.2) is 6.01 Å². The Labute approximate surface area is 78.5 Å². The van der Waals surface area contributed by atoms with Crippen molar-refractivity contribution in [3.05, 3.63) is 28.7 Å². The first-order valence-electron chi connectivity index (χ1n) is 3.10. The van der Waals surface area contributed by atoms with Crippen molar-refractivity contribution in [2.75, 3.05) is 6.01 Å². The van der Waals surface area contributed by atoms with Crippen molar-refractivity contribution < 1.29 is 12.8 Å². The minimum atomic E-state index is -3.72. The second-order valence-electron chi connectivity index (χ2n) is 2.18. The maximum Gasteiger partial charge on any atom is 0.207 e. The van der Waals surface area contributed by atoms with Crippen LogP contribution in [0.15, 0.2) is 33.6 Å². The second-order valence-corrected chi connectivity index (χ2v) is 5.02. The first-order chi connectivity index (χ1) is 5.56. The first-order valence-corrected chi connectivity index (χ1v) is 5.55. The molecule has 0 saturated heterocycles. The maximum absolute atomic E-state index is 12.0. The molecule has 0 aliphatic heterocycles. The number of rotatable bonds is 2. The van der Waals surface area contributed by atoms with E-state index in [1.54, 1.807) is 12.1 Å². The van der Waals surface area contributed by atoms with Crippen molar-refractivity contribution in [1.29, 1.82) is 0 Å². The van der Waals surface area contributed by atoms with E-state index >= 15 is 0 Å². The quantitative estimate of drug-likeness (QED) is 0.809. The minimum Gasteiger partial charge on any atom is -0.233 e. The SMILES string of the molecule is O=S(=O)(CF)c1cccc(Br)c1. The van der Waals surface area contributed by atoms with Crippen LogP contribution in [0.3, 0.4) is 0 Å². The lowest BCUT2D eigenvalue weighted by molar-refractivity contribution is 0.534. The standard InChI is InChI=1S/C7H6BrFO2S/c8-6-2-1-3-7(4-6)12(10,11)5-9/h1-4H,5H2. The first kappa shape index (κ1) is 9.67. The van der Waals surface area contributed by atoms with Crippen LogP contribution >= 0.6 is 15.9 Å². The van der Waals surface area contributed by atoms with Gasteiger partial charge in [-0.3, -0.25) is 0 Å². The van der Waals surface area contributed by atoms with E-state index in [0.717, 1.165) is 0 Å². The molecular formula is C7H6BrFO2S. The van der Waals surface area contributed by atoms with Gasteiger partial charge < -0.3 is 0 Å². The van der Waals surface area contributed by atoms with E-state index in [1.165, 1.54) is 12.1 Å². The largest absolute Gasteiger partial charge is 0.233 e. The predicted octanol–water partition coefficient (Wildman–Crippen LogP) is 2.15. The summed E-state index contributed by atoms with van der Waals surface area (Å²) in [4.78, 5) is -0.000579. The van der Waals surface area contributed by atoms with Crippen molar-refractivity contribution in [2.45, 2.75) is 4.90 Å². The number of halogens is 2. The van der Waals surface area contributed by atoms with E-state index < -0.39 is 15.8 Å². The zero-order chi connectivity index (χ0) is 9.19. The fourth-order valence-corrected chi connectivity index (χ4v) is 1.99. The van der Waals surface area contributed by atoms with E-state index in [9.17, 15) is 12.8 Å². The third kappa shape index (κ3) is 2.04. The van der Waals surface area contributed by atoms with Crippen molar-refractivity contribution >= 4 is 25.8 Å². The number of benzene rings is 1. The Hall–Kier alpha value is -0.420. The molecule has 0 heterocycles. The summed E-state index contributed by atoms with van der Waals surface area (Å²) in [5, 5.41) is 0. The van der Waals surface area contributed by atoms with E-state index in [4.69, 9.17) is 0 Å². The van der Waals surface area contributed by atoms with Crippen LogP contribution in [0.1, 0.15) is 0 Å². The average molecular weight is 253 g/mol. The van der Waals surface area contributed by atoms with E-state index in [0.29, 0.717) is 4.47 Å². The van der Waals surface area contributed by atoms with Gasteiger partial charge in [0.25, 0.3) is 0 Å². The Morgan fingerprint density at radius 3 is 2.58 bits per heavy atom. The van der Waals surface area contributed by atoms with Crippen LogP contribution < -0.4 is 0 Å². The molecule has 0 bridgehead atoms. The molecule has 2 nitrogen and oxygen atoms in total. The zero-order valence-electron chi connectivity index (χ0n) is 6.00. The van der Waals surface area contributed by atoms with Crippen molar-refractivity contribution in [2.24, 2.45) is 0 Å². The number of hydrogen-bond acceptors (Lipinski definition) is 2. The monoisotopic (exact) mass is 252 g/mol. The second kappa shape index (κ2) is 3.53. The summed E-state index contributed by atoms with van der Waals surface area (Å²) in [6, 6.07) is 4.60. The van der Waals surface area contributed by atoms with Gasteiger partial charge in [0.05, 0.1) is 4.90 Å². The molecular weight excluding hydrogens is 247 g/mol. The fraction of sp³-hybridized carbons (Fsp3) is 0.143. The van der Waals surface area contributed by atoms with E-state index in [1.807, 2.05) is 0 Å². The highest BCUT2D eigenvalue weighted by molar-refractivity contribution is 9.10. The lowest BCUT2D eigenvalue weighted by Crippen LogP contribution is -2.01. The van der Waals surface area contributed by atoms with E-state index in [-0.39, 0.29) is 4.90 Å². The Bertz CT molecular complexity index is 375. The molecule has 0 amide bonds. The van der Waals surface area contributed by atoms with Crippen LogP contribution in [0, 0.1) is 0 Å².